The molecule has 2 aromatic rings. The predicted octanol–water partition coefficient (Wildman–Crippen LogP) is 1.05. The van der Waals surface area contributed by atoms with E-state index in [1.165, 1.54) is 23.2 Å². The normalized spacial score (nSPS) is 12.3. The van der Waals surface area contributed by atoms with E-state index in [2.05, 4.69) is 10.2 Å². The third kappa shape index (κ3) is 2.12. The second kappa shape index (κ2) is 4.61. The Morgan fingerprint density at radius 1 is 1.50 bits per heavy atom. The van der Waals surface area contributed by atoms with Gasteiger partial charge in [0.05, 0.1) is 21.8 Å². The fraction of sp³-hybridized carbons (Fsp3) is 0.111. The lowest BCUT2D eigenvalue weighted by molar-refractivity contribution is -0.384. The number of hydrogen-bond donors (Lipinski definition) is 0. The monoisotopic (exact) mass is 270 g/mol. The second-order valence-corrected chi connectivity index (χ2v) is 4.60. The Hall–Kier alpha value is -2.16. The number of aromatic nitrogens is 3. The molecule has 0 saturated carbocycles. The van der Waals surface area contributed by atoms with E-state index in [4.69, 9.17) is 0 Å². The Kier molecular flexibility index (Phi) is 3.15. The Labute approximate surface area is 103 Å². The van der Waals surface area contributed by atoms with Crippen LogP contribution < -0.4 is 0 Å². The van der Waals surface area contributed by atoms with Crippen molar-refractivity contribution in [1.29, 1.82) is 0 Å². The molecule has 0 N–H and O–H groups in total. The summed E-state index contributed by atoms with van der Waals surface area (Å²) in [5.74, 6) is -0.724. The minimum Gasteiger partial charge on any atom is -0.268 e. The molecule has 0 amide bonds. The van der Waals surface area contributed by atoms with Crippen molar-refractivity contribution in [2.24, 2.45) is 0 Å². The zero-order chi connectivity index (χ0) is 13.3. The van der Waals surface area contributed by atoms with Crippen molar-refractivity contribution in [2.45, 2.75) is 5.16 Å². The van der Waals surface area contributed by atoms with Crippen molar-refractivity contribution < 1.29 is 13.5 Å². The summed E-state index contributed by atoms with van der Waals surface area (Å²) in [6, 6.07) is 3.08. The summed E-state index contributed by atoms with van der Waals surface area (Å²) in [6.45, 7) is 0. The smallest absolute Gasteiger partial charge is 0.268 e. The molecular formula is C9H7FN4O3S. The van der Waals surface area contributed by atoms with Crippen LogP contribution in [0.2, 0.25) is 0 Å². The molecule has 1 unspecified atom stereocenters. The lowest BCUT2D eigenvalue weighted by Crippen LogP contribution is -2.05. The summed E-state index contributed by atoms with van der Waals surface area (Å²) in [6.07, 6.45) is 2.56. The number of hydrogen-bond acceptors (Lipinski definition) is 5. The van der Waals surface area contributed by atoms with Crippen LogP contribution in [0.5, 0.6) is 0 Å². The predicted molar refractivity (Wildman–Crippen MR) is 60.3 cm³/mol. The Balaban J connectivity index is 2.67. The van der Waals surface area contributed by atoms with Gasteiger partial charge in [0.15, 0.2) is 0 Å². The summed E-state index contributed by atoms with van der Waals surface area (Å²) < 4.78 is 25.6. The van der Waals surface area contributed by atoms with Gasteiger partial charge < -0.3 is 0 Å². The number of rotatable bonds is 3. The van der Waals surface area contributed by atoms with Crippen molar-refractivity contribution in [2.75, 3.05) is 6.26 Å². The van der Waals surface area contributed by atoms with Crippen molar-refractivity contribution in [3.8, 4) is 5.69 Å². The van der Waals surface area contributed by atoms with Gasteiger partial charge in [0.1, 0.15) is 17.8 Å². The average molecular weight is 270 g/mol. The molecule has 1 heterocycles. The average Bonchev–Trinajstić information content (AvgIpc) is 2.77. The van der Waals surface area contributed by atoms with Gasteiger partial charge in [0, 0.05) is 6.26 Å². The number of nitro benzene ring substituents is 1. The molecule has 1 aromatic heterocycles. The fourth-order valence-electron chi connectivity index (χ4n) is 1.43. The molecule has 1 atom stereocenters. The largest absolute Gasteiger partial charge is 0.296 e. The first-order valence-electron chi connectivity index (χ1n) is 4.68. The number of nitrogens with zero attached hydrogens (tertiary/aromatic N) is 4. The summed E-state index contributed by atoms with van der Waals surface area (Å²) in [7, 11) is -1.46. The molecule has 18 heavy (non-hydrogen) atoms. The molecule has 0 aliphatic rings. The number of nitro groups is 1. The topological polar surface area (TPSA) is 90.9 Å². The van der Waals surface area contributed by atoms with Gasteiger partial charge >= 0.3 is 0 Å². The molecule has 0 bridgehead atoms. The first-order valence-corrected chi connectivity index (χ1v) is 6.24. The van der Waals surface area contributed by atoms with Gasteiger partial charge in [-0.05, 0) is 12.1 Å². The van der Waals surface area contributed by atoms with Crippen molar-refractivity contribution in [3.63, 3.8) is 0 Å². The summed E-state index contributed by atoms with van der Waals surface area (Å²) in [5.41, 5.74) is -0.377. The van der Waals surface area contributed by atoms with Crippen LogP contribution in [0.1, 0.15) is 0 Å². The van der Waals surface area contributed by atoms with Gasteiger partial charge in [-0.2, -0.15) is 0 Å². The summed E-state index contributed by atoms with van der Waals surface area (Å²) in [4.78, 5) is 10.1. The second-order valence-electron chi connectivity index (χ2n) is 3.33. The Morgan fingerprint density at radius 2 is 2.22 bits per heavy atom. The van der Waals surface area contributed by atoms with Gasteiger partial charge in [0.25, 0.3) is 5.69 Å². The van der Waals surface area contributed by atoms with E-state index in [0.717, 1.165) is 12.1 Å². The van der Waals surface area contributed by atoms with Crippen LogP contribution in [-0.4, -0.2) is 30.2 Å². The van der Waals surface area contributed by atoms with Gasteiger partial charge in [-0.25, -0.2) is 4.39 Å². The summed E-state index contributed by atoms with van der Waals surface area (Å²) >= 11 is 0. The molecule has 0 fully saturated rings. The van der Waals surface area contributed by atoms with Crippen molar-refractivity contribution in [3.05, 3.63) is 40.5 Å². The van der Waals surface area contributed by atoms with Crippen LogP contribution in [0.25, 0.3) is 5.69 Å². The highest BCUT2D eigenvalue weighted by Crippen LogP contribution is 2.25. The minimum absolute atomic E-state index is 0.0599. The van der Waals surface area contributed by atoms with Crippen LogP contribution >= 0.6 is 0 Å². The number of halogens is 1. The maximum Gasteiger partial charge on any atom is 0.296 e. The highest BCUT2D eigenvalue weighted by Gasteiger charge is 2.20. The van der Waals surface area contributed by atoms with E-state index in [9.17, 15) is 18.7 Å². The van der Waals surface area contributed by atoms with Crippen molar-refractivity contribution >= 4 is 16.5 Å². The molecule has 0 saturated heterocycles. The standard InChI is InChI=1S/C9H7FN4O3S/c1-18(17)9-12-11-5-13(9)7-3-2-6(10)4-8(7)14(15)16/h2-5H,1H3. The van der Waals surface area contributed by atoms with E-state index in [1.54, 1.807) is 0 Å². The molecule has 9 heteroatoms. The van der Waals surface area contributed by atoms with Crippen LogP contribution in [0.3, 0.4) is 0 Å². The van der Waals surface area contributed by atoms with Gasteiger partial charge in [-0.15, -0.1) is 10.2 Å². The lowest BCUT2D eigenvalue weighted by atomic mass is 10.2. The molecule has 1 aromatic carbocycles. The molecule has 2 rings (SSSR count). The van der Waals surface area contributed by atoms with Crippen molar-refractivity contribution in [1.82, 2.24) is 14.8 Å². The van der Waals surface area contributed by atoms with Crippen LogP contribution in [0.15, 0.2) is 29.7 Å². The third-order valence-corrected chi connectivity index (χ3v) is 2.96. The minimum atomic E-state index is -1.46. The molecule has 0 radical (unpaired) electrons. The van der Waals surface area contributed by atoms with E-state index in [-0.39, 0.29) is 10.8 Å². The third-order valence-electron chi connectivity index (χ3n) is 2.17. The number of benzene rings is 1. The van der Waals surface area contributed by atoms with Crippen LogP contribution in [0, 0.1) is 15.9 Å². The first kappa shape index (κ1) is 12.3. The highest BCUT2D eigenvalue weighted by molar-refractivity contribution is 7.84. The van der Waals surface area contributed by atoms with E-state index in [1.807, 2.05) is 0 Å². The zero-order valence-corrected chi connectivity index (χ0v) is 9.93. The van der Waals surface area contributed by atoms with Gasteiger partial charge in [0.2, 0.25) is 5.16 Å². The fourth-order valence-corrected chi connectivity index (χ4v) is 2.02. The van der Waals surface area contributed by atoms with Crippen LogP contribution in [-0.2, 0) is 10.8 Å². The Bertz CT molecular complexity index is 642. The van der Waals surface area contributed by atoms with Crippen LogP contribution in [0.4, 0.5) is 10.1 Å². The maximum atomic E-state index is 13.0. The first-order chi connectivity index (χ1) is 8.50. The highest BCUT2D eigenvalue weighted by atomic mass is 32.2. The van der Waals surface area contributed by atoms with E-state index >= 15 is 0 Å². The van der Waals surface area contributed by atoms with Gasteiger partial charge in [-0.3, -0.25) is 18.9 Å². The maximum absolute atomic E-state index is 13.0. The van der Waals surface area contributed by atoms with E-state index in [0.29, 0.717) is 0 Å². The molecular weight excluding hydrogens is 263 g/mol. The lowest BCUT2D eigenvalue weighted by Gasteiger charge is -2.05. The molecule has 0 aliphatic heterocycles. The molecule has 94 valence electrons. The quantitative estimate of drug-likeness (QED) is 0.614. The SMILES string of the molecule is CS(=O)c1nncn1-c1ccc(F)cc1[N+](=O)[O-]. The Morgan fingerprint density at radius 3 is 2.83 bits per heavy atom. The summed E-state index contributed by atoms with van der Waals surface area (Å²) in [5, 5.41) is 18.1. The molecule has 7 nitrogen and oxygen atoms in total. The zero-order valence-electron chi connectivity index (χ0n) is 9.11. The van der Waals surface area contributed by atoms with Gasteiger partial charge in [-0.1, -0.05) is 0 Å². The molecule has 0 spiro atoms. The van der Waals surface area contributed by atoms with E-state index < -0.39 is 27.2 Å². The molecule has 0 aliphatic carbocycles.